The fraction of sp³-hybridized carbons (Fsp3) is 0.167. The molecule has 1 amide bonds. The van der Waals surface area contributed by atoms with Crippen molar-refractivity contribution in [2.75, 3.05) is 11.9 Å². The van der Waals surface area contributed by atoms with Crippen LogP contribution < -0.4 is 5.32 Å². The zero-order valence-electron chi connectivity index (χ0n) is 10.2. The van der Waals surface area contributed by atoms with E-state index in [9.17, 15) is 9.59 Å². The van der Waals surface area contributed by atoms with Gasteiger partial charge in [0.05, 0.1) is 6.61 Å². The summed E-state index contributed by atoms with van der Waals surface area (Å²) < 4.78 is 5.73. The number of ether oxygens (including phenoxy) is 1. The van der Waals surface area contributed by atoms with Crippen molar-refractivity contribution in [3.8, 4) is 0 Å². The van der Waals surface area contributed by atoms with Crippen molar-refractivity contribution in [1.82, 2.24) is 14.8 Å². The molecule has 0 bridgehead atoms. The Labute approximate surface area is 109 Å². The van der Waals surface area contributed by atoms with Crippen LogP contribution in [0.15, 0.2) is 36.7 Å². The third-order valence-electron chi connectivity index (χ3n) is 2.18. The van der Waals surface area contributed by atoms with Gasteiger partial charge in [-0.1, -0.05) is 6.07 Å². The Bertz CT molecular complexity index is 580. The van der Waals surface area contributed by atoms with Crippen LogP contribution in [0.25, 0.3) is 0 Å². The van der Waals surface area contributed by atoms with Crippen molar-refractivity contribution in [2.45, 2.75) is 6.92 Å². The Morgan fingerprint density at radius 3 is 2.89 bits per heavy atom. The van der Waals surface area contributed by atoms with Gasteiger partial charge in [0.1, 0.15) is 5.82 Å². The predicted molar refractivity (Wildman–Crippen MR) is 66.8 cm³/mol. The maximum Gasteiger partial charge on any atom is 0.434 e. The first kappa shape index (κ1) is 12.7. The van der Waals surface area contributed by atoms with Gasteiger partial charge in [0.25, 0.3) is 5.91 Å². The minimum Gasteiger partial charge on any atom is -0.448 e. The Balaban J connectivity index is 2.06. The van der Waals surface area contributed by atoms with Crippen LogP contribution in [0.1, 0.15) is 17.4 Å². The van der Waals surface area contributed by atoms with E-state index < -0.39 is 12.0 Å². The average Bonchev–Trinajstić information content (AvgIpc) is 2.90. The molecule has 0 fully saturated rings. The van der Waals surface area contributed by atoms with Gasteiger partial charge in [0, 0.05) is 12.4 Å². The number of anilines is 1. The molecule has 98 valence electrons. The molecule has 0 saturated carbocycles. The summed E-state index contributed by atoms with van der Waals surface area (Å²) in [6, 6.07) is 6.57. The molecule has 0 aliphatic carbocycles. The van der Waals surface area contributed by atoms with Gasteiger partial charge in [-0.05, 0) is 25.1 Å². The minimum absolute atomic E-state index is 0.110. The topological polar surface area (TPSA) is 86.1 Å². The second-order valence-corrected chi connectivity index (χ2v) is 3.51. The number of pyridine rings is 1. The predicted octanol–water partition coefficient (Wildman–Crippen LogP) is 1.53. The molecule has 0 aromatic carbocycles. The Morgan fingerprint density at radius 1 is 1.37 bits per heavy atom. The lowest BCUT2D eigenvalue weighted by molar-refractivity contribution is 0.102. The van der Waals surface area contributed by atoms with Gasteiger partial charge in [-0.2, -0.15) is 9.78 Å². The highest BCUT2D eigenvalue weighted by molar-refractivity contribution is 6.02. The number of hydrogen-bond acceptors (Lipinski definition) is 5. The van der Waals surface area contributed by atoms with Crippen LogP contribution in [0.5, 0.6) is 0 Å². The monoisotopic (exact) mass is 260 g/mol. The molecule has 7 heteroatoms. The Hall–Kier alpha value is -2.70. The summed E-state index contributed by atoms with van der Waals surface area (Å²) in [6.07, 6.45) is 2.30. The van der Waals surface area contributed by atoms with Crippen LogP contribution in [0.2, 0.25) is 0 Å². The van der Waals surface area contributed by atoms with Crippen LogP contribution in [-0.4, -0.2) is 33.4 Å². The summed E-state index contributed by atoms with van der Waals surface area (Å²) in [4.78, 5) is 27.2. The second kappa shape index (κ2) is 5.76. The molecule has 2 aromatic heterocycles. The lowest BCUT2D eigenvalue weighted by Gasteiger charge is -2.01. The van der Waals surface area contributed by atoms with Gasteiger partial charge in [-0.25, -0.2) is 9.78 Å². The highest BCUT2D eigenvalue weighted by Gasteiger charge is 2.13. The summed E-state index contributed by atoms with van der Waals surface area (Å²) >= 11 is 0. The van der Waals surface area contributed by atoms with E-state index in [1.54, 1.807) is 31.3 Å². The first-order chi connectivity index (χ1) is 9.20. The van der Waals surface area contributed by atoms with Gasteiger partial charge in [0.2, 0.25) is 0 Å². The van der Waals surface area contributed by atoms with Gasteiger partial charge in [-0.15, -0.1) is 0 Å². The summed E-state index contributed by atoms with van der Waals surface area (Å²) in [6.45, 7) is 1.93. The molecule has 1 N–H and O–H groups in total. The molecule has 0 unspecified atom stereocenters. The van der Waals surface area contributed by atoms with Crippen molar-refractivity contribution in [3.63, 3.8) is 0 Å². The van der Waals surface area contributed by atoms with Crippen LogP contribution in [0, 0.1) is 0 Å². The molecule has 0 atom stereocenters. The zero-order chi connectivity index (χ0) is 13.7. The van der Waals surface area contributed by atoms with E-state index in [1.165, 1.54) is 12.3 Å². The van der Waals surface area contributed by atoms with Gasteiger partial charge >= 0.3 is 6.09 Å². The lowest BCUT2D eigenvalue weighted by Crippen LogP contribution is -2.17. The molecule has 2 heterocycles. The van der Waals surface area contributed by atoms with Crippen LogP contribution in [0.3, 0.4) is 0 Å². The molecule has 0 saturated heterocycles. The summed E-state index contributed by atoms with van der Waals surface area (Å²) in [5.41, 5.74) is 0.110. The van der Waals surface area contributed by atoms with Crippen LogP contribution >= 0.6 is 0 Å². The quantitative estimate of drug-likeness (QED) is 0.904. The van der Waals surface area contributed by atoms with Crippen molar-refractivity contribution < 1.29 is 14.3 Å². The molecular weight excluding hydrogens is 248 g/mol. The second-order valence-electron chi connectivity index (χ2n) is 3.51. The number of nitrogens with zero attached hydrogens (tertiary/aromatic N) is 3. The summed E-state index contributed by atoms with van der Waals surface area (Å²) in [5.74, 6) is -0.0278. The Kier molecular flexibility index (Phi) is 3.87. The number of aromatic nitrogens is 3. The van der Waals surface area contributed by atoms with Crippen molar-refractivity contribution >= 4 is 17.8 Å². The highest BCUT2D eigenvalue weighted by atomic mass is 16.5. The molecule has 0 spiro atoms. The Morgan fingerprint density at radius 2 is 2.21 bits per heavy atom. The SMILES string of the molecule is CCOC(=O)n1ccc(C(=O)Nc2ccccn2)n1. The number of nitrogens with one attached hydrogen (secondary N) is 1. The molecule has 0 aliphatic rings. The van der Waals surface area contributed by atoms with E-state index >= 15 is 0 Å². The van der Waals surface area contributed by atoms with Crippen LogP contribution in [0.4, 0.5) is 10.6 Å². The van der Waals surface area contributed by atoms with E-state index in [-0.39, 0.29) is 12.3 Å². The zero-order valence-corrected chi connectivity index (χ0v) is 10.2. The van der Waals surface area contributed by atoms with E-state index in [0.717, 1.165) is 4.68 Å². The number of amides is 1. The van der Waals surface area contributed by atoms with Crippen molar-refractivity contribution in [3.05, 3.63) is 42.4 Å². The third kappa shape index (κ3) is 3.15. The fourth-order valence-electron chi connectivity index (χ4n) is 1.35. The van der Waals surface area contributed by atoms with Gasteiger partial charge in [-0.3, -0.25) is 4.79 Å². The molecule has 0 aliphatic heterocycles. The number of carbonyl (C=O) groups is 2. The standard InChI is InChI=1S/C12H12N4O3/c1-2-19-12(18)16-8-6-9(15-16)11(17)14-10-5-3-4-7-13-10/h3-8H,2H2,1H3,(H,13,14,17). The van der Waals surface area contributed by atoms with Gasteiger partial charge < -0.3 is 10.1 Å². The maximum atomic E-state index is 11.8. The van der Waals surface area contributed by atoms with Crippen molar-refractivity contribution in [2.24, 2.45) is 0 Å². The van der Waals surface area contributed by atoms with Crippen molar-refractivity contribution in [1.29, 1.82) is 0 Å². The molecular formula is C12H12N4O3. The number of carbonyl (C=O) groups excluding carboxylic acids is 2. The molecule has 2 rings (SSSR count). The normalized spacial score (nSPS) is 9.95. The fourth-order valence-corrected chi connectivity index (χ4v) is 1.35. The number of hydrogen-bond donors (Lipinski definition) is 1. The first-order valence-corrected chi connectivity index (χ1v) is 5.66. The largest absolute Gasteiger partial charge is 0.448 e. The summed E-state index contributed by atoms with van der Waals surface area (Å²) in [5, 5.41) is 6.39. The molecule has 0 radical (unpaired) electrons. The molecule has 2 aromatic rings. The van der Waals surface area contributed by atoms with E-state index in [1.807, 2.05) is 0 Å². The summed E-state index contributed by atoms with van der Waals surface area (Å²) in [7, 11) is 0. The highest BCUT2D eigenvalue weighted by Crippen LogP contribution is 2.04. The van der Waals surface area contributed by atoms with Gasteiger partial charge in [0.15, 0.2) is 5.69 Å². The van der Waals surface area contributed by atoms with E-state index in [0.29, 0.717) is 5.82 Å². The van der Waals surface area contributed by atoms with E-state index in [2.05, 4.69) is 15.4 Å². The third-order valence-corrected chi connectivity index (χ3v) is 2.18. The molecule has 19 heavy (non-hydrogen) atoms. The minimum atomic E-state index is -0.626. The smallest absolute Gasteiger partial charge is 0.434 e. The lowest BCUT2D eigenvalue weighted by atomic mass is 10.4. The first-order valence-electron chi connectivity index (χ1n) is 5.66. The number of rotatable bonds is 3. The average molecular weight is 260 g/mol. The van der Waals surface area contributed by atoms with E-state index in [4.69, 9.17) is 4.74 Å². The maximum absolute atomic E-state index is 11.8. The molecule has 7 nitrogen and oxygen atoms in total. The van der Waals surface area contributed by atoms with Crippen LogP contribution in [-0.2, 0) is 4.74 Å².